The van der Waals surface area contributed by atoms with Gasteiger partial charge in [-0.2, -0.15) is 0 Å². The summed E-state index contributed by atoms with van der Waals surface area (Å²) in [5.41, 5.74) is 0.853. The highest BCUT2D eigenvalue weighted by Gasteiger charge is 2.25. The summed E-state index contributed by atoms with van der Waals surface area (Å²) < 4.78 is 6.22. The number of nitrogens with zero attached hydrogens (tertiary/aromatic N) is 6. The Balaban J connectivity index is 1.50. The van der Waals surface area contributed by atoms with Gasteiger partial charge >= 0.3 is 0 Å². The van der Waals surface area contributed by atoms with E-state index in [2.05, 4.69) is 51.0 Å². The third-order valence-corrected chi connectivity index (χ3v) is 5.57. The number of aryl methyl sites for hydroxylation is 1. The smallest absolute Gasteiger partial charge is 0.267 e. The number of rotatable bonds is 7. The van der Waals surface area contributed by atoms with Gasteiger partial charge in [-0.1, -0.05) is 31.7 Å². The van der Waals surface area contributed by atoms with Gasteiger partial charge in [0.15, 0.2) is 0 Å². The largest absolute Gasteiger partial charge is 0.335 e. The van der Waals surface area contributed by atoms with Gasteiger partial charge < -0.3 is 9.47 Å². The van der Waals surface area contributed by atoms with Crippen LogP contribution in [0, 0.1) is 0 Å². The molecule has 8 heteroatoms. The predicted molar refractivity (Wildman–Crippen MR) is 103 cm³/mol. The second-order valence-corrected chi connectivity index (χ2v) is 7.82. The van der Waals surface area contributed by atoms with E-state index in [1.165, 1.54) is 11.5 Å². The van der Waals surface area contributed by atoms with Gasteiger partial charge in [0.25, 0.3) is 5.91 Å². The predicted octanol–water partition coefficient (Wildman–Crippen LogP) is 2.27. The molecule has 2 aromatic heterocycles. The average Bonchev–Trinajstić information content (AvgIpc) is 3.29. The maximum absolute atomic E-state index is 12.8. The molecule has 1 saturated heterocycles. The zero-order valence-electron chi connectivity index (χ0n) is 15.9. The van der Waals surface area contributed by atoms with Gasteiger partial charge in [-0.25, -0.2) is 4.98 Å². The van der Waals surface area contributed by atoms with Crippen LogP contribution in [0.25, 0.3) is 0 Å². The van der Waals surface area contributed by atoms with Crippen LogP contribution < -0.4 is 0 Å². The number of amides is 1. The molecule has 0 bridgehead atoms. The molecule has 0 aliphatic carbocycles. The van der Waals surface area contributed by atoms with Gasteiger partial charge in [-0.05, 0) is 18.0 Å². The lowest BCUT2D eigenvalue weighted by atomic mass is 10.2. The number of carbonyl (C=O) groups excluding carboxylic acids is 1. The van der Waals surface area contributed by atoms with Crippen LogP contribution in [0.5, 0.6) is 0 Å². The lowest BCUT2D eigenvalue weighted by Gasteiger charge is -2.34. The molecule has 0 unspecified atom stereocenters. The number of piperazine rings is 1. The third-order valence-electron chi connectivity index (χ3n) is 4.82. The van der Waals surface area contributed by atoms with Crippen LogP contribution in [0.4, 0.5) is 0 Å². The summed E-state index contributed by atoms with van der Waals surface area (Å²) in [4.78, 5) is 22.3. The van der Waals surface area contributed by atoms with Crippen molar-refractivity contribution in [2.45, 2.75) is 46.1 Å². The van der Waals surface area contributed by atoms with Gasteiger partial charge in [-0.3, -0.25) is 9.69 Å². The first-order valence-corrected chi connectivity index (χ1v) is 10.2. The van der Waals surface area contributed by atoms with Crippen molar-refractivity contribution in [1.82, 2.24) is 28.9 Å². The average molecular weight is 377 g/mol. The Hall–Kier alpha value is -1.80. The fourth-order valence-corrected chi connectivity index (χ4v) is 4.03. The summed E-state index contributed by atoms with van der Waals surface area (Å²) in [5, 5.41) is 4.12. The van der Waals surface area contributed by atoms with Gasteiger partial charge in [0.1, 0.15) is 10.7 Å². The maximum Gasteiger partial charge on any atom is 0.267 e. The molecule has 0 atom stereocenters. The second kappa shape index (κ2) is 8.73. The van der Waals surface area contributed by atoms with Crippen molar-refractivity contribution in [2.24, 2.45) is 0 Å². The number of aromatic nitrogens is 4. The van der Waals surface area contributed by atoms with Crippen LogP contribution in [0.2, 0.25) is 0 Å². The van der Waals surface area contributed by atoms with Crippen LogP contribution in [0.1, 0.15) is 54.3 Å². The first-order chi connectivity index (χ1) is 12.6. The van der Waals surface area contributed by atoms with Gasteiger partial charge in [0.05, 0.1) is 5.69 Å². The number of carbonyl (C=O) groups is 1. The van der Waals surface area contributed by atoms with E-state index in [4.69, 9.17) is 0 Å². The van der Waals surface area contributed by atoms with Gasteiger partial charge in [0.2, 0.25) is 0 Å². The molecule has 7 nitrogen and oxygen atoms in total. The molecule has 1 aliphatic rings. The highest BCUT2D eigenvalue weighted by Crippen LogP contribution is 2.17. The van der Waals surface area contributed by atoms with E-state index < -0.39 is 0 Å². The molecule has 0 saturated carbocycles. The van der Waals surface area contributed by atoms with Crippen LogP contribution in [-0.4, -0.2) is 67.6 Å². The van der Waals surface area contributed by atoms with Crippen molar-refractivity contribution < 1.29 is 4.79 Å². The fourth-order valence-electron chi connectivity index (χ4n) is 3.35. The molecule has 142 valence electrons. The molecule has 3 rings (SSSR count). The van der Waals surface area contributed by atoms with E-state index in [9.17, 15) is 4.79 Å². The molecule has 1 amide bonds. The lowest BCUT2D eigenvalue weighted by molar-refractivity contribution is 0.0636. The van der Waals surface area contributed by atoms with Crippen molar-refractivity contribution >= 4 is 17.4 Å². The molecule has 1 aliphatic heterocycles. The van der Waals surface area contributed by atoms with E-state index in [0.29, 0.717) is 5.92 Å². The Kier molecular flexibility index (Phi) is 6.37. The minimum Gasteiger partial charge on any atom is -0.335 e. The Morgan fingerprint density at radius 3 is 2.69 bits per heavy atom. The highest BCUT2D eigenvalue weighted by atomic mass is 32.1. The molecule has 0 aromatic carbocycles. The molecule has 2 aromatic rings. The number of hydrogen-bond donors (Lipinski definition) is 0. The molecule has 0 N–H and O–H groups in total. The molecule has 0 spiro atoms. The van der Waals surface area contributed by atoms with E-state index in [-0.39, 0.29) is 5.91 Å². The van der Waals surface area contributed by atoms with E-state index in [1.807, 2.05) is 11.1 Å². The molecule has 3 heterocycles. The quantitative estimate of drug-likeness (QED) is 0.742. The Morgan fingerprint density at radius 1 is 1.23 bits per heavy atom. The fraction of sp³-hybridized carbons (Fsp3) is 0.667. The molecular weight excluding hydrogens is 348 g/mol. The van der Waals surface area contributed by atoms with Crippen LogP contribution in [0.3, 0.4) is 0 Å². The summed E-state index contributed by atoms with van der Waals surface area (Å²) in [6.07, 6.45) is 5.73. The Labute approximate surface area is 159 Å². The summed E-state index contributed by atoms with van der Waals surface area (Å²) >= 11 is 1.23. The van der Waals surface area contributed by atoms with E-state index in [0.717, 1.165) is 68.5 Å². The summed E-state index contributed by atoms with van der Waals surface area (Å²) in [5.74, 6) is 1.67. The topological polar surface area (TPSA) is 67.2 Å². The zero-order chi connectivity index (χ0) is 18.5. The second-order valence-electron chi connectivity index (χ2n) is 7.07. The SMILES string of the molecule is CCCc1nnsc1C(=O)N1CCN(CCn2ccnc2C(C)C)CC1. The Bertz CT molecular complexity index is 717. The van der Waals surface area contributed by atoms with E-state index >= 15 is 0 Å². The minimum absolute atomic E-state index is 0.0970. The molecule has 1 fully saturated rings. The van der Waals surface area contributed by atoms with E-state index in [1.54, 1.807) is 0 Å². The van der Waals surface area contributed by atoms with Crippen LogP contribution >= 0.6 is 11.5 Å². The van der Waals surface area contributed by atoms with Crippen LogP contribution in [-0.2, 0) is 13.0 Å². The third kappa shape index (κ3) is 4.29. The summed E-state index contributed by atoms with van der Waals surface area (Å²) in [7, 11) is 0. The first kappa shape index (κ1) is 19.0. The monoisotopic (exact) mass is 376 g/mol. The van der Waals surface area contributed by atoms with Crippen molar-refractivity contribution in [3.63, 3.8) is 0 Å². The van der Waals surface area contributed by atoms with Crippen LogP contribution in [0.15, 0.2) is 12.4 Å². The molecule has 0 radical (unpaired) electrons. The van der Waals surface area contributed by atoms with Gasteiger partial charge in [-0.15, -0.1) is 5.10 Å². The van der Waals surface area contributed by atoms with Crippen molar-refractivity contribution in [3.8, 4) is 0 Å². The maximum atomic E-state index is 12.8. The normalized spacial score (nSPS) is 15.8. The Morgan fingerprint density at radius 2 is 2.00 bits per heavy atom. The summed E-state index contributed by atoms with van der Waals surface area (Å²) in [6.45, 7) is 11.7. The first-order valence-electron chi connectivity index (χ1n) is 9.44. The summed E-state index contributed by atoms with van der Waals surface area (Å²) in [6, 6.07) is 0. The molecular formula is C18H28N6OS. The van der Waals surface area contributed by atoms with Crippen molar-refractivity contribution in [1.29, 1.82) is 0 Å². The molecule has 26 heavy (non-hydrogen) atoms. The number of hydrogen-bond acceptors (Lipinski definition) is 6. The minimum atomic E-state index is 0.0970. The van der Waals surface area contributed by atoms with Crippen molar-refractivity contribution in [3.05, 3.63) is 28.8 Å². The van der Waals surface area contributed by atoms with Gasteiger partial charge in [0, 0.05) is 57.6 Å². The lowest BCUT2D eigenvalue weighted by Crippen LogP contribution is -2.49. The number of imidazole rings is 1. The standard InChI is InChI=1S/C18H28N6OS/c1-4-5-15-16(26-21-20-15)18(25)24-12-9-22(10-13-24)8-11-23-7-6-19-17(23)14(2)3/h6-7,14H,4-5,8-13H2,1-3H3. The zero-order valence-corrected chi connectivity index (χ0v) is 16.7. The van der Waals surface area contributed by atoms with Crippen molar-refractivity contribution in [2.75, 3.05) is 32.7 Å². The highest BCUT2D eigenvalue weighted by molar-refractivity contribution is 7.08.